The standard InChI is InChI=1S/C48H78O19S/c1-21(2)23-11-16-48(18-17-46(7)24(30(23)48)9-10-28-45(6)14-13-29(68(59,60)61)44(4,5)27(45)12-15-47(28,46)8)43(58)67-42-37(56)34(53)32(51)26(65-42)20-62-40-38(57)35(54)39(25(19-49)64-40)66-41-36(55)33(52)31(50)22(3)63-41/h22-42,49-57H,1,9-20H2,2-8H3,(H,59,60,61)/t22-,23-,24+,25+,26+,27-,28+,29+,30+,31-,32+,33+,34-,35+,36+,37+,38+,39+,40+,41-,42-,45-,46+,47+,48-/m0/s1. The van der Waals surface area contributed by atoms with Crippen molar-refractivity contribution >= 4 is 16.1 Å². The second kappa shape index (κ2) is 18.5. The fourth-order valence-electron chi connectivity index (χ4n) is 16.2. The van der Waals surface area contributed by atoms with E-state index in [0.717, 1.165) is 37.7 Å². The minimum atomic E-state index is -4.24. The van der Waals surface area contributed by atoms with Crippen LogP contribution in [0.15, 0.2) is 12.2 Å². The van der Waals surface area contributed by atoms with Crippen LogP contribution in [0, 0.1) is 56.7 Å². The number of hydrogen-bond acceptors (Lipinski definition) is 18. The van der Waals surface area contributed by atoms with E-state index in [2.05, 4.69) is 27.4 Å². The molecule has 0 spiro atoms. The third-order valence-electron chi connectivity index (χ3n) is 20.0. The molecular weight excluding hydrogens is 913 g/mol. The molecule has 10 N–H and O–H groups in total. The summed E-state index contributed by atoms with van der Waals surface area (Å²) in [6, 6.07) is 0. The quantitative estimate of drug-likeness (QED) is 0.0827. The largest absolute Gasteiger partial charge is 0.432 e. The van der Waals surface area contributed by atoms with Crippen LogP contribution >= 0.6 is 0 Å². The molecule has 0 unspecified atom stereocenters. The van der Waals surface area contributed by atoms with E-state index in [0.29, 0.717) is 32.1 Å². The molecule has 0 bridgehead atoms. The lowest BCUT2D eigenvalue weighted by Crippen LogP contribution is -2.67. The van der Waals surface area contributed by atoms with E-state index in [1.165, 1.54) is 6.92 Å². The molecule has 0 aromatic rings. The molecule has 8 rings (SSSR count). The van der Waals surface area contributed by atoms with E-state index < -0.39 is 137 Å². The zero-order valence-electron chi connectivity index (χ0n) is 40.4. The molecule has 0 amide bonds. The maximum absolute atomic E-state index is 15.0. The predicted octanol–water partition coefficient (Wildman–Crippen LogP) is 0.920. The van der Waals surface area contributed by atoms with Crippen molar-refractivity contribution in [1.29, 1.82) is 0 Å². The van der Waals surface area contributed by atoms with E-state index >= 15 is 0 Å². The number of aliphatic hydroxyl groups is 9. The van der Waals surface area contributed by atoms with Crippen LogP contribution in [-0.4, -0.2) is 175 Å². The van der Waals surface area contributed by atoms with Gasteiger partial charge in [-0.3, -0.25) is 9.35 Å². The maximum Gasteiger partial charge on any atom is 0.314 e. The number of ether oxygens (including phenoxy) is 6. The van der Waals surface area contributed by atoms with Gasteiger partial charge in [0, 0.05) is 0 Å². The van der Waals surface area contributed by atoms with Crippen LogP contribution in [-0.2, 0) is 43.3 Å². The third-order valence-corrected chi connectivity index (χ3v) is 21.6. The van der Waals surface area contributed by atoms with Gasteiger partial charge in [-0.15, -0.1) is 0 Å². The first-order valence-electron chi connectivity index (χ1n) is 24.7. The van der Waals surface area contributed by atoms with Gasteiger partial charge in [0.15, 0.2) is 12.6 Å². The Labute approximate surface area is 399 Å². The molecule has 25 atom stereocenters. The van der Waals surface area contributed by atoms with Crippen LogP contribution in [0.4, 0.5) is 0 Å². The highest BCUT2D eigenvalue weighted by Crippen LogP contribution is 2.78. The Balaban J connectivity index is 0.967. The number of fused-ring (bicyclic) bond motifs is 7. The van der Waals surface area contributed by atoms with Gasteiger partial charge in [-0.1, -0.05) is 46.8 Å². The number of allylic oxidation sites excluding steroid dienone is 1. The van der Waals surface area contributed by atoms with Crippen LogP contribution in [0.2, 0.25) is 0 Å². The predicted molar refractivity (Wildman–Crippen MR) is 238 cm³/mol. The van der Waals surface area contributed by atoms with Crippen LogP contribution in [0.3, 0.4) is 0 Å². The molecule has 8 fully saturated rings. The Morgan fingerprint density at radius 2 is 1.31 bits per heavy atom. The van der Waals surface area contributed by atoms with Gasteiger partial charge < -0.3 is 74.4 Å². The van der Waals surface area contributed by atoms with E-state index in [4.69, 9.17) is 28.4 Å². The Kier molecular flexibility index (Phi) is 14.4. The minimum Gasteiger partial charge on any atom is -0.432 e. The lowest BCUT2D eigenvalue weighted by atomic mass is 9.32. The molecule has 0 radical (unpaired) electrons. The molecule has 0 aromatic carbocycles. The van der Waals surface area contributed by atoms with Gasteiger partial charge in [-0.25, -0.2) is 0 Å². The first kappa shape index (κ1) is 52.9. The summed E-state index contributed by atoms with van der Waals surface area (Å²) >= 11 is 0. The number of carbonyl (C=O) groups excluding carboxylic acids is 1. The molecule has 19 nitrogen and oxygen atoms in total. The van der Waals surface area contributed by atoms with E-state index in [-0.39, 0.29) is 45.8 Å². The van der Waals surface area contributed by atoms with Crippen molar-refractivity contribution < 1.29 is 92.1 Å². The van der Waals surface area contributed by atoms with Crippen molar-refractivity contribution in [3.05, 3.63) is 12.2 Å². The van der Waals surface area contributed by atoms with E-state index in [9.17, 15) is 63.7 Å². The van der Waals surface area contributed by atoms with Crippen molar-refractivity contribution in [2.75, 3.05) is 13.2 Å². The maximum atomic E-state index is 15.0. The molecule has 68 heavy (non-hydrogen) atoms. The van der Waals surface area contributed by atoms with E-state index in [1.807, 2.05) is 20.8 Å². The fourth-order valence-corrected chi connectivity index (χ4v) is 17.6. The van der Waals surface area contributed by atoms with Gasteiger partial charge in [-0.2, -0.15) is 8.42 Å². The van der Waals surface area contributed by atoms with Crippen molar-refractivity contribution in [3.63, 3.8) is 0 Å². The number of hydrogen-bond donors (Lipinski definition) is 10. The molecule has 0 aromatic heterocycles. The summed E-state index contributed by atoms with van der Waals surface area (Å²) in [7, 11) is -4.24. The average molecular weight is 991 g/mol. The summed E-state index contributed by atoms with van der Waals surface area (Å²) < 4.78 is 70.3. The van der Waals surface area contributed by atoms with Gasteiger partial charge in [0.05, 0.1) is 30.0 Å². The minimum absolute atomic E-state index is 0.00229. The van der Waals surface area contributed by atoms with Gasteiger partial charge in [0.1, 0.15) is 67.1 Å². The summed E-state index contributed by atoms with van der Waals surface area (Å²) in [5.41, 5.74) is -1.14. The number of aliphatic hydroxyl groups excluding tert-OH is 9. The summed E-state index contributed by atoms with van der Waals surface area (Å²) in [5.74, 6) is -0.265. The smallest absolute Gasteiger partial charge is 0.314 e. The molecule has 3 aliphatic heterocycles. The van der Waals surface area contributed by atoms with Crippen molar-refractivity contribution in [2.45, 2.75) is 210 Å². The second-order valence-electron chi connectivity index (χ2n) is 23.4. The highest BCUT2D eigenvalue weighted by atomic mass is 32.2. The van der Waals surface area contributed by atoms with Gasteiger partial charge in [-0.05, 0) is 129 Å². The van der Waals surface area contributed by atoms with Gasteiger partial charge in [0.2, 0.25) is 6.29 Å². The number of carbonyl (C=O) groups is 1. The molecule has 5 aliphatic carbocycles. The molecule has 20 heteroatoms. The first-order valence-corrected chi connectivity index (χ1v) is 26.2. The van der Waals surface area contributed by atoms with Crippen LogP contribution < -0.4 is 0 Å². The summed E-state index contributed by atoms with van der Waals surface area (Å²) in [6.45, 7) is 17.6. The van der Waals surface area contributed by atoms with Gasteiger partial charge in [0.25, 0.3) is 10.1 Å². The normalized spacial score (nSPS) is 53.6. The highest BCUT2D eigenvalue weighted by molar-refractivity contribution is 7.86. The highest BCUT2D eigenvalue weighted by Gasteiger charge is 2.73. The summed E-state index contributed by atoms with van der Waals surface area (Å²) in [5, 5.41) is 95.7. The van der Waals surface area contributed by atoms with Crippen molar-refractivity contribution in [2.24, 2.45) is 56.7 Å². The number of esters is 1. The lowest BCUT2D eigenvalue weighted by molar-refractivity contribution is -0.361. The molecule has 3 heterocycles. The molecule has 5 saturated carbocycles. The molecule has 8 aliphatic rings. The van der Waals surface area contributed by atoms with Crippen molar-refractivity contribution in [3.8, 4) is 0 Å². The SMILES string of the molecule is C=C(C)[C@@H]1CC[C@]2(C(=O)O[C@@H]3O[C@H](CO[C@@H]4O[C@H](CO)[C@@H](O[C@@H]5O[C@@H](C)[C@H](O)[C@@H](O)[C@H]5O)[C@H](O)[C@H]4O)[C@@H](O)[C@H](O)[C@H]3O)CC[C@]3(C)[C@H](CC[C@@H]4[C@@]5(C)CC[C@@H](S(=O)(=O)O)C(C)(C)[C@@H]5CC[C@]43C)[C@@H]12. The van der Waals surface area contributed by atoms with Crippen LogP contribution in [0.5, 0.6) is 0 Å². The van der Waals surface area contributed by atoms with Crippen LogP contribution in [0.1, 0.15) is 113 Å². The van der Waals surface area contributed by atoms with E-state index in [1.54, 1.807) is 0 Å². The second-order valence-corrected chi connectivity index (χ2v) is 25.0. The van der Waals surface area contributed by atoms with Crippen molar-refractivity contribution in [1.82, 2.24) is 0 Å². The topological polar surface area (TPSA) is 309 Å². The summed E-state index contributed by atoms with van der Waals surface area (Å²) in [4.78, 5) is 15.0. The van der Waals surface area contributed by atoms with Gasteiger partial charge >= 0.3 is 5.97 Å². The monoisotopic (exact) mass is 990 g/mol. The molecule has 3 saturated heterocycles. The number of rotatable bonds is 10. The Hall–Kier alpha value is -1.44. The third kappa shape index (κ3) is 8.18. The molecule has 390 valence electrons. The fraction of sp³-hybridized carbons (Fsp3) is 0.938. The average Bonchev–Trinajstić information content (AvgIpc) is 3.67. The lowest BCUT2D eigenvalue weighted by Gasteiger charge is -2.72. The Morgan fingerprint density at radius 1 is 0.676 bits per heavy atom. The molecular formula is C48H78O19S. The Morgan fingerprint density at radius 3 is 1.96 bits per heavy atom. The first-order chi connectivity index (χ1) is 31.6. The van der Waals surface area contributed by atoms with Crippen LogP contribution in [0.25, 0.3) is 0 Å². The summed E-state index contributed by atoms with van der Waals surface area (Å²) in [6.07, 6.45) is -17.4. The zero-order valence-corrected chi connectivity index (χ0v) is 41.2. The zero-order chi connectivity index (χ0) is 50.0. The Bertz CT molecular complexity index is 1990.